The van der Waals surface area contributed by atoms with Gasteiger partial charge in [0.05, 0.1) is 30.4 Å². The number of aromatic nitrogens is 2. The van der Waals surface area contributed by atoms with Gasteiger partial charge in [-0.25, -0.2) is 0 Å². The van der Waals surface area contributed by atoms with Gasteiger partial charge in [-0.1, -0.05) is 55.5 Å². The van der Waals surface area contributed by atoms with Crippen LogP contribution in [0.3, 0.4) is 0 Å². The molecule has 0 aliphatic heterocycles. The number of nitrogens with one attached hydrogen (secondary N) is 1. The molecule has 0 fully saturated rings. The van der Waals surface area contributed by atoms with E-state index in [-0.39, 0.29) is 0 Å². The summed E-state index contributed by atoms with van der Waals surface area (Å²) in [5.41, 5.74) is 18.3. The number of nitrogen functional groups attached to an aromatic ring is 2. The predicted molar refractivity (Wildman–Crippen MR) is 131 cm³/mol. The number of hydrogen-bond donors (Lipinski definition) is 3. The molecule has 0 unspecified atom stereocenters. The molecule has 1 heterocycles. The van der Waals surface area contributed by atoms with E-state index in [2.05, 4.69) is 29.3 Å². The number of hydrogen-bond acceptors (Lipinski definition) is 4. The molecule has 1 aromatic heterocycles. The zero-order valence-electron chi connectivity index (χ0n) is 17.9. The smallest absolute Gasteiger partial charge is 0.118 e. The van der Waals surface area contributed by atoms with Gasteiger partial charge in [-0.05, 0) is 59.5 Å². The van der Waals surface area contributed by atoms with Gasteiger partial charge >= 0.3 is 0 Å². The Hall–Kier alpha value is -3.99. The van der Waals surface area contributed by atoms with Crippen LogP contribution in [0.1, 0.15) is 23.6 Å². The first-order chi connectivity index (χ1) is 15.1. The first-order valence-electron chi connectivity index (χ1n) is 10.2. The number of benzene rings is 3. The molecule has 0 saturated heterocycles. The molecule has 0 spiro atoms. The van der Waals surface area contributed by atoms with Crippen LogP contribution in [0.4, 0.5) is 11.4 Å². The molecule has 5 heteroatoms. The topological polar surface area (TPSA) is 89.9 Å². The van der Waals surface area contributed by atoms with Gasteiger partial charge in [-0.15, -0.1) is 0 Å². The van der Waals surface area contributed by atoms with E-state index in [0.29, 0.717) is 11.4 Å². The second-order valence-corrected chi connectivity index (χ2v) is 6.98. The van der Waals surface area contributed by atoms with Gasteiger partial charge in [0.1, 0.15) is 5.75 Å². The standard InChI is InChI=1S/C14H14N2.C12H14N2O/c15-13-9-8-12(10-14(13)16)7-6-11-4-2-1-3-5-11;1-3-9-8-13-14-12(9)10-4-6-11(15-2)7-5-10/h1-10H,15-16H2;4-8H,3H2,1-2H3,(H,13,14). The van der Waals surface area contributed by atoms with E-state index < -0.39 is 0 Å². The summed E-state index contributed by atoms with van der Waals surface area (Å²) < 4.78 is 5.12. The summed E-state index contributed by atoms with van der Waals surface area (Å²) in [6.07, 6.45) is 6.92. The molecule has 3 aromatic carbocycles. The number of H-pyrrole nitrogens is 1. The second-order valence-electron chi connectivity index (χ2n) is 6.98. The van der Waals surface area contributed by atoms with E-state index in [4.69, 9.17) is 16.2 Å². The number of rotatable bonds is 5. The second kappa shape index (κ2) is 10.7. The summed E-state index contributed by atoms with van der Waals surface area (Å²) >= 11 is 0. The molecule has 0 bridgehead atoms. The van der Waals surface area contributed by atoms with E-state index in [1.54, 1.807) is 7.11 Å². The van der Waals surface area contributed by atoms with Crippen LogP contribution in [0.5, 0.6) is 5.75 Å². The first kappa shape index (κ1) is 21.7. The largest absolute Gasteiger partial charge is 0.497 e. The number of nitrogens with zero attached hydrogens (tertiary/aromatic N) is 1. The fraction of sp³-hybridized carbons (Fsp3) is 0.115. The van der Waals surface area contributed by atoms with Crippen molar-refractivity contribution in [1.82, 2.24) is 10.2 Å². The SMILES string of the molecule is CCc1cn[nH]c1-c1ccc(OC)cc1.Nc1ccc(C=Cc2ccccc2)cc1N. The molecule has 0 aliphatic carbocycles. The summed E-state index contributed by atoms with van der Waals surface area (Å²) in [4.78, 5) is 0. The molecule has 5 nitrogen and oxygen atoms in total. The minimum atomic E-state index is 0.621. The molecule has 0 amide bonds. The van der Waals surface area contributed by atoms with Crippen LogP contribution in [-0.4, -0.2) is 17.3 Å². The molecule has 4 aromatic rings. The number of aromatic amines is 1. The van der Waals surface area contributed by atoms with Crippen molar-refractivity contribution in [3.63, 3.8) is 0 Å². The molecule has 0 atom stereocenters. The summed E-state index contributed by atoms with van der Waals surface area (Å²) in [5, 5.41) is 7.08. The highest BCUT2D eigenvalue weighted by Gasteiger charge is 2.05. The lowest BCUT2D eigenvalue weighted by Crippen LogP contribution is -1.93. The molecule has 0 aliphatic rings. The van der Waals surface area contributed by atoms with Gasteiger partial charge in [0.25, 0.3) is 0 Å². The first-order valence-corrected chi connectivity index (χ1v) is 10.2. The van der Waals surface area contributed by atoms with Crippen LogP contribution < -0.4 is 16.2 Å². The van der Waals surface area contributed by atoms with Crippen molar-refractivity contribution in [3.05, 3.63) is 95.7 Å². The highest BCUT2D eigenvalue weighted by atomic mass is 16.5. The summed E-state index contributed by atoms with van der Waals surface area (Å²) in [6, 6.07) is 23.7. The van der Waals surface area contributed by atoms with E-state index in [0.717, 1.165) is 34.6 Å². The lowest BCUT2D eigenvalue weighted by molar-refractivity contribution is 0.415. The Morgan fingerprint density at radius 2 is 1.58 bits per heavy atom. The van der Waals surface area contributed by atoms with E-state index in [1.807, 2.05) is 79.0 Å². The Labute approximate surface area is 183 Å². The van der Waals surface area contributed by atoms with Crippen molar-refractivity contribution in [3.8, 4) is 17.0 Å². The van der Waals surface area contributed by atoms with Crippen molar-refractivity contribution in [1.29, 1.82) is 0 Å². The fourth-order valence-electron chi connectivity index (χ4n) is 3.04. The summed E-state index contributed by atoms with van der Waals surface area (Å²) in [7, 11) is 1.67. The summed E-state index contributed by atoms with van der Waals surface area (Å²) in [6.45, 7) is 2.12. The van der Waals surface area contributed by atoms with E-state index in [9.17, 15) is 0 Å². The van der Waals surface area contributed by atoms with Gasteiger partial charge in [0.15, 0.2) is 0 Å². The highest BCUT2D eigenvalue weighted by molar-refractivity contribution is 5.74. The Balaban J connectivity index is 0.000000176. The molecule has 4 rings (SSSR count). The van der Waals surface area contributed by atoms with E-state index >= 15 is 0 Å². The predicted octanol–water partition coefficient (Wildman–Crippen LogP) is 5.67. The fourth-order valence-corrected chi connectivity index (χ4v) is 3.04. The maximum absolute atomic E-state index is 5.73. The molecule has 0 radical (unpaired) electrons. The van der Waals surface area contributed by atoms with Crippen molar-refractivity contribution in [2.24, 2.45) is 0 Å². The van der Waals surface area contributed by atoms with Crippen LogP contribution in [-0.2, 0) is 6.42 Å². The molecule has 158 valence electrons. The molecule has 0 saturated carbocycles. The van der Waals surface area contributed by atoms with Crippen molar-refractivity contribution >= 4 is 23.5 Å². The highest BCUT2D eigenvalue weighted by Crippen LogP contribution is 2.23. The Morgan fingerprint density at radius 1 is 0.871 bits per heavy atom. The monoisotopic (exact) mass is 412 g/mol. The van der Waals surface area contributed by atoms with Crippen LogP contribution in [0.2, 0.25) is 0 Å². The van der Waals surface area contributed by atoms with Gasteiger partial charge < -0.3 is 16.2 Å². The number of aryl methyl sites for hydroxylation is 1. The Kier molecular flexibility index (Phi) is 7.49. The third kappa shape index (κ3) is 6.00. The van der Waals surface area contributed by atoms with Crippen molar-refractivity contribution < 1.29 is 4.74 Å². The van der Waals surface area contributed by atoms with Crippen molar-refractivity contribution in [2.45, 2.75) is 13.3 Å². The third-order valence-corrected chi connectivity index (χ3v) is 4.86. The number of nitrogens with two attached hydrogens (primary N) is 2. The summed E-state index contributed by atoms with van der Waals surface area (Å²) in [5.74, 6) is 0.872. The maximum atomic E-state index is 5.73. The zero-order valence-corrected chi connectivity index (χ0v) is 17.9. The average molecular weight is 413 g/mol. The normalized spacial score (nSPS) is 10.5. The molecular weight excluding hydrogens is 384 g/mol. The average Bonchev–Trinajstić information content (AvgIpc) is 3.30. The number of methoxy groups -OCH3 is 1. The van der Waals surface area contributed by atoms with Gasteiger partial charge in [0, 0.05) is 5.56 Å². The minimum absolute atomic E-state index is 0.621. The maximum Gasteiger partial charge on any atom is 0.118 e. The van der Waals surface area contributed by atoms with E-state index in [1.165, 1.54) is 5.56 Å². The Morgan fingerprint density at radius 3 is 2.23 bits per heavy atom. The quantitative estimate of drug-likeness (QED) is 0.291. The lowest BCUT2D eigenvalue weighted by atomic mass is 10.1. The van der Waals surface area contributed by atoms with Gasteiger partial charge in [0.2, 0.25) is 0 Å². The number of anilines is 2. The van der Waals surface area contributed by atoms with Crippen LogP contribution in [0.15, 0.2) is 79.0 Å². The molecule has 5 N–H and O–H groups in total. The lowest BCUT2D eigenvalue weighted by Gasteiger charge is -2.03. The van der Waals surface area contributed by atoms with Crippen LogP contribution >= 0.6 is 0 Å². The molecular formula is C26H28N4O. The third-order valence-electron chi connectivity index (χ3n) is 4.86. The van der Waals surface area contributed by atoms with Gasteiger partial charge in [-0.3, -0.25) is 5.10 Å². The van der Waals surface area contributed by atoms with Crippen molar-refractivity contribution in [2.75, 3.05) is 18.6 Å². The Bertz CT molecular complexity index is 1120. The van der Waals surface area contributed by atoms with Crippen LogP contribution in [0, 0.1) is 0 Å². The zero-order chi connectivity index (χ0) is 22.1. The number of ether oxygens (including phenoxy) is 1. The molecule has 31 heavy (non-hydrogen) atoms. The minimum Gasteiger partial charge on any atom is -0.497 e. The van der Waals surface area contributed by atoms with Gasteiger partial charge in [-0.2, -0.15) is 5.10 Å². The van der Waals surface area contributed by atoms with Crippen LogP contribution in [0.25, 0.3) is 23.4 Å².